The summed E-state index contributed by atoms with van der Waals surface area (Å²) in [5.74, 6) is 0.678. The first-order chi connectivity index (χ1) is 13.1. The van der Waals surface area contributed by atoms with E-state index >= 15 is 0 Å². The molecule has 0 unspecified atom stereocenters. The van der Waals surface area contributed by atoms with Gasteiger partial charge in [0.15, 0.2) is 0 Å². The van der Waals surface area contributed by atoms with Crippen LogP contribution < -0.4 is 20.7 Å². The number of nitrogens with zero attached hydrogens (tertiary/aromatic N) is 1. The van der Waals surface area contributed by atoms with Crippen LogP contribution in [0.3, 0.4) is 0 Å². The number of nitrogens with one attached hydrogen (secondary N) is 2. The Morgan fingerprint density at radius 1 is 1.00 bits per heavy atom. The Morgan fingerprint density at radius 3 is 2.52 bits per heavy atom. The van der Waals surface area contributed by atoms with Crippen molar-refractivity contribution in [3.05, 3.63) is 83.4 Å². The minimum absolute atomic E-state index is 0.0911. The summed E-state index contributed by atoms with van der Waals surface area (Å²) < 4.78 is 5.78. The molecule has 1 aliphatic rings. The zero-order valence-corrected chi connectivity index (χ0v) is 15.2. The molecule has 0 amide bonds. The molecule has 3 aromatic carbocycles. The van der Waals surface area contributed by atoms with Crippen molar-refractivity contribution < 1.29 is 9.84 Å². The molecule has 3 aromatic rings. The molecule has 0 spiro atoms. The number of rotatable bonds is 5. The van der Waals surface area contributed by atoms with Crippen molar-refractivity contribution in [2.75, 3.05) is 16.0 Å². The van der Waals surface area contributed by atoms with Crippen LogP contribution in [0.4, 0.5) is 17.1 Å². The number of hydrazine groups is 2. The summed E-state index contributed by atoms with van der Waals surface area (Å²) in [6.45, 7) is 4.16. The summed E-state index contributed by atoms with van der Waals surface area (Å²) in [5.41, 5.74) is 10.7. The normalized spacial score (nSPS) is 12.1. The highest BCUT2D eigenvalue weighted by Gasteiger charge is 2.21. The van der Waals surface area contributed by atoms with Gasteiger partial charge in [-0.15, -0.1) is 0 Å². The van der Waals surface area contributed by atoms with Crippen LogP contribution in [0.25, 0.3) is 6.08 Å². The minimum Gasteiger partial charge on any atom is -0.505 e. The first-order valence-corrected chi connectivity index (χ1v) is 8.80. The Kier molecular flexibility index (Phi) is 4.52. The second-order valence-corrected chi connectivity index (χ2v) is 6.57. The fourth-order valence-electron chi connectivity index (χ4n) is 2.79. The highest BCUT2D eigenvalue weighted by atomic mass is 35.5. The van der Waals surface area contributed by atoms with Gasteiger partial charge in [0, 0.05) is 11.1 Å². The van der Waals surface area contributed by atoms with Crippen LogP contribution in [-0.2, 0) is 6.61 Å². The number of halogens is 1. The lowest BCUT2D eigenvalue weighted by molar-refractivity contribution is 0.304. The van der Waals surface area contributed by atoms with Gasteiger partial charge in [-0.2, -0.15) is 5.12 Å². The molecular formula is C21H18ClN3O2. The van der Waals surface area contributed by atoms with Gasteiger partial charge in [-0.3, -0.25) is 10.9 Å². The fraction of sp³-hybridized carbons (Fsp3) is 0.0476. The molecule has 4 rings (SSSR count). The Hall–Kier alpha value is -3.31. The van der Waals surface area contributed by atoms with E-state index in [4.69, 9.17) is 16.3 Å². The van der Waals surface area contributed by atoms with Crippen molar-refractivity contribution in [3.63, 3.8) is 0 Å². The van der Waals surface area contributed by atoms with Crippen LogP contribution in [0.2, 0.25) is 5.02 Å². The Balaban J connectivity index is 1.44. The van der Waals surface area contributed by atoms with Crippen LogP contribution >= 0.6 is 11.6 Å². The number of aromatic hydroxyl groups is 1. The molecule has 0 bridgehead atoms. The van der Waals surface area contributed by atoms with Gasteiger partial charge >= 0.3 is 0 Å². The number of anilines is 3. The summed E-state index contributed by atoms with van der Waals surface area (Å²) >= 11 is 6.01. The zero-order valence-electron chi connectivity index (χ0n) is 14.4. The molecule has 0 saturated heterocycles. The van der Waals surface area contributed by atoms with Crippen molar-refractivity contribution in [1.29, 1.82) is 0 Å². The maximum atomic E-state index is 10.4. The summed E-state index contributed by atoms with van der Waals surface area (Å²) in [4.78, 5) is 0. The van der Waals surface area contributed by atoms with Gasteiger partial charge in [0.1, 0.15) is 23.8 Å². The Bertz CT molecular complexity index is 989. The molecule has 0 aromatic heterocycles. The molecule has 27 heavy (non-hydrogen) atoms. The molecule has 6 heteroatoms. The lowest BCUT2D eigenvalue weighted by Gasteiger charge is -2.20. The van der Waals surface area contributed by atoms with E-state index < -0.39 is 0 Å². The molecule has 1 aliphatic heterocycles. The van der Waals surface area contributed by atoms with E-state index in [1.54, 1.807) is 29.4 Å². The van der Waals surface area contributed by atoms with E-state index in [9.17, 15) is 5.11 Å². The lowest BCUT2D eigenvalue weighted by atomic mass is 10.1. The van der Waals surface area contributed by atoms with Crippen molar-refractivity contribution in [3.8, 4) is 11.5 Å². The van der Waals surface area contributed by atoms with E-state index in [1.165, 1.54) is 0 Å². The van der Waals surface area contributed by atoms with Gasteiger partial charge in [-0.25, -0.2) is 0 Å². The molecule has 0 fully saturated rings. The standard InChI is InChI=1S/C21H18ClN3O2/c1-2-14-3-5-15(6-4-14)13-27-17-8-10-20(21(26)12-17)25-23-18-9-7-16(22)11-19(18)24-25/h2-12,23-24,26H,1,13H2. The highest BCUT2D eigenvalue weighted by molar-refractivity contribution is 6.31. The average Bonchev–Trinajstić information content (AvgIpc) is 3.09. The quantitative estimate of drug-likeness (QED) is 0.551. The zero-order chi connectivity index (χ0) is 18.8. The van der Waals surface area contributed by atoms with E-state index in [2.05, 4.69) is 17.4 Å². The third-order valence-electron chi connectivity index (χ3n) is 4.25. The molecule has 0 radical (unpaired) electrons. The third kappa shape index (κ3) is 3.64. The average molecular weight is 380 g/mol. The molecule has 0 saturated carbocycles. The van der Waals surface area contributed by atoms with Crippen molar-refractivity contribution in [2.24, 2.45) is 0 Å². The van der Waals surface area contributed by atoms with E-state index in [0.717, 1.165) is 22.5 Å². The number of phenolic OH excluding ortho intramolecular Hbond substituents is 1. The topological polar surface area (TPSA) is 56.8 Å². The maximum absolute atomic E-state index is 10.4. The van der Waals surface area contributed by atoms with Gasteiger partial charge in [-0.1, -0.05) is 48.5 Å². The van der Waals surface area contributed by atoms with Gasteiger partial charge in [-0.05, 0) is 41.5 Å². The predicted octanol–water partition coefficient (Wildman–Crippen LogP) is 5.44. The lowest BCUT2D eigenvalue weighted by Crippen LogP contribution is -2.29. The van der Waals surface area contributed by atoms with Gasteiger partial charge in [0.25, 0.3) is 0 Å². The number of benzene rings is 3. The van der Waals surface area contributed by atoms with Crippen molar-refractivity contribution in [1.82, 2.24) is 0 Å². The van der Waals surface area contributed by atoms with Crippen LogP contribution in [0.5, 0.6) is 11.5 Å². The predicted molar refractivity (Wildman–Crippen MR) is 110 cm³/mol. The largest absolute Gasteiger partial charge is 0.505 e. The molecular weight excluding hydrogens is 362 g/mol. The van der Waals surface area contributed by atoms with Crippen molar-refractivity contribution >= 4 is 34.7 Å². The number of ether oxygens (including phenoxy) is 1. The smallest absolute Gasteiger partial charge is 0.146 e. The first-order valence-electron chi connectivity index (χ1n) is 8.42. The Morgan fingerprint density at radius 2 is 1.78 bits per heavy atom. The van der Waals surface area contributed by atoms with Crippen LogP contribution in [0.1, 0.15) is 11.1 Å². The fourth-order valence-corrected chi connectivity index (χ4v) is 2.97. The van der Waals surface area contributed by atoms with Gasteiger partial charge < -0.3 is 9.84 Å². The molecule has 3 N–H and O–H groups in total. The van der Waals surface area contributed by atoms with E-state index in [0.29, 0.717) is 23.1 Å². The van der Waals surface area contributed by atoms with E-state index in [-0.39, 0.29) is 5.75 Å². The van der Waals surface area contributed by atoms with Crippen LogP contribution in [0, 0.1) is 0 Å². The summed E-state index contributed by atoms with van der Waals surface area (Å²) in [6.07, 6.45) is 1.80. The van der Waals surface area contributed by atoms with E-state index in [1.807, 2.05) is 42.5 Å². The van der Waals surface area contributed by atoms with Gasteiger partial charge in [0.05, 0.1) is 11.4 Å². The minimum atomic E-state index is 0.0911. The summed E-state index contributed by atoms with van der Waals surface area (Å²) in [5, 5.41) is 12.7. The Labute approximate surface area is 162 Å². The SMILES string of the molecule is C=Cc1ccc(COc2ccc(N3Nc4ccc(Cl)cc4N3)c(O)c2)cc1. The monoisotopic (exact) mass is 379 g/mol. The third-order valence-corrected chi connectivity index (χ3v) is 4.49. The summed E-state index contributed by atoms with van der Waals surface area (Å²) in [7, 11) is 0. The van der Waals surface area contributed by atoms with Crippen LogP contribution in [0.15, 0.2) is 67.2 Å². The number of hydrogen-bond donors (Lipinski definition) is 3. The number of hydrogen-bond acceptors (Lipinski definition) is 5. The second-order valence-electron chi connectivity index (χ2n) is 6.13. The highest BCUT2D eigenvalue weighted by Crippen LogP contribution is 2.37. The number of phenols is 1. The second kappa shape index (κ2) is 7.13. The van der Waals surface area contributed by atoms with Crippen LogP contribution in [-0.4, -0.2) is 5.11 Å². The van der Waals surface area contributed by atoms with Crippen molar-refractivity contribution in [2.45, 2.75) is 6.61 Å². The molecule has 136 valence electrons. The molecule has 5 nitrogen and oxygen atoms in total. The maximum Gasteiger partial charge on any atom is 0.146 e. The molecule has 0 atom stereocenters. The molecule has 1 heterocycles. The summed E-state index contributed by atoms with van der Waals surface area (Å²) in [6, 6.07) is 18.6. The first kappa shape index (κ1) is 17.1. The number of fused-ring (bicyclic) bond motifs is 1. The molecule has 0 aliphatic carbocycles. The van der Waals surface area contributed by atoms with Gasteiger partial charge in [0.2, 0.25) is 0 Å².